The van der Waals surface area contributed by atoms with Gasteiger partial charge in [-0.05, 0) is 35.6 Å². The van der Waals surface area contributed by atoms with Crippen LogP contribution >= 0.6 is 0 Å². The van der Waals surface area contributed by atoms with Crippen molar-refractivity contribution in [3.05, 3.63) is 83.9 Å². The quantitative estimate of drug-likeness (QED) is 0.783. The number of piperidine rings is 1. The molecule has 1 N–H and O–H groups in total. The van der Waals surface area contributed by atoms with Crippen LogP contribution in [0, 0.1) is 17.6 Å². The monoisotopic (exact) mass is 370 g/mol. The number of hydrogen-bond donors (Lipinski definition) is 1. The van der Waals surface area contributed by atoms with Gasteiger partial charge in [0.05, 0.1) is 5.92 Å². The molecule has 2 aromatic rings. The highest BCUT2D eigenvalue weighted by Crippen LogP contribution is 2.31. The van der Waals surface area contributed by atoms with Crippen molar-refractivity contribution < 1.29 is 13.6 Å². The van der Waals surface area contributed by atoms with Crippen molar-refractivity contribution in [1.82, 2.24) is 10.2 Å². The van der Waals surface area contributed by atoms with Crippen LogP contribution in [0.1, 0.15) is 23.5 Å². The zero-order chi connectivity index (χ0) is 19.2. The SMILES string of the molecule is C=CCNC(=O)[C@H]1C[C@H](c2ccccc2)CN(Cc2ccc(F)c(F)c2)C1. The van der Waals surface area contributed by atoms with Crippen molar-refractivity contribution in [2.45, 2.75) is 18.9 Å². The predicted molar refractivity (Wildman–Crippen MR) is 102 cm³/mol. The fraction of sp³-hybridized carbons (Fsp3) is 0.318. The van der Waals surface area contributed by atoms with E-state index >= 15 is 0 Å². The van der Waals surface area contributed by atoms with Gasteiger partial charge in [0.1, 0.15) is 0 Å². The summed E-state index contributed by atoms with van der Waals surface area (Å²) in [4.78, 5) is 14.7. The molecule has 5 heteroatoms. The van der Waals surface area contributed by atoms with Gasteiger partial charge in [-0.3, -0.25) is 9.69 Å². The molecule has 0 radical (unpaired) electrons. The summed E-state index contributed by atoms with van der Waals surface area (Å²) in [6.07, 6.45) is 2.43. The minimum absolute atomic E-state index is 0.00539. The van der Waals surface area contributed by atoms with Gasteiger partial charge in [0.2, 0.25) is 5.91 Å². The van der Waals surface area contributed by atoms with E-state index in [1.165, 1.54) is 11.6 Å². The molecule has 0 unspecified atom stereocenters. The van der Waals surface area contributed by atoms with Gasteiger partial charge < -0.3 is 5.32 Å². The molecule has 142 valence electrons. The maximum absolute atomic E-state index is 13.6. The highest BCUT2D eigenvalue weighted by atomic mass is 19.2. The van der Waals surface area contributed by atoms with E-state index in [2.05, 4.69) is 28.9 Å². The van der Waals surface area contributed by atoms with Crippen molar-refractivity contribution in [3.63, 3.8) is 0 Å². The number of amides is 1. The molecular weight excluding hydrogens is 346 g/mol. The van der Waals surface area contributed by atoms with Crippen molar-refractivity contribution >= 4 is 5.91 Å². The van der Waals surface area contributed by atoms with Gasteiger partial charge in [-0.2, -0.15) is 0 Å². The van der Waals surface area contributed by atoms with E-state index in [-0.39, 0.29) is 17.7 Å². The summed E-state index contributed by atoms with van der Waals surface area (Å²) in [6, 6.07) is 14.1. The Morgan fingerprint density at radius 2 is 1.93 bits per heavy atom. The number of carbonyl (C=O) groups excluding carboxylic acids is 1. The fourth-order valence-corrected chi connectivity index (χ4v) is 3.69. The van der Waals surface area contributed by atoms with E-state index in [4.69, 9.17) is 0 Å². The highest BCUT2D eigenvalue weighted by Gasteiger charge is 2.32. The molecule has 1 aliphatic rings. The van der Waals surface area contributed by atoms with Crippen LogP contribution in [0.2, 0.25) is 0 Å². The van der Waals surface area contributed by atoms with Gasteiger partial charge in [0.15, 0.2) is 11.6 Å². The summed E-state index contributed by atoms with van der Waals surface area (Å²) in [5.41, 5.74) is 1.89. The number of rotatable bonds is 6. The molecule has 1 amide bonds. The second kappa shape index (κ2) is 8.91. The van der Waals surface area contributed by atoms with E-state index in [0.29, 0.717) is 25.2 Å². The first-order valence-electron chi connectivity index (χ1n) is 9.16. The van der Waals surface area contributed by atoms with E-state index in [9.17, 15) is 13.6 Å². The molecule has 0 spiro atoms. The van der Waals surface area contributed by atoms with E-state index in [0.717, 1.165) is 19.0 Å². The number of likely N-dealkylation sites (tertiary alicyclic amines) is 1. The summed E-state index contributed by atoms with van der Waals surface area (Å²) in [5.74, 6) is -1.63. The normalized spacial score (nSPS) is 20.2. The van der Waals surface area contributed by atoms with Crippen molar-refractivity contribution in [3.8, 4) is 0 Å². The lowest BCUT2D eigenvalue weighted by molar-refractivity contribution is -0.126. The average Bonchev–Trinajstić information content (AvgIpc) is 2.69. The summed E-state index contributed by atoms with van der Waals surface area (Å²) >= 11 is 0. The van der Waals surface area contributed by atoms with E-state index in [1.807, 2.05) is 18.2 Å². The fourth-order valence-electron chi connectivity index (χ4n) is 3.69. The van der Waals surface area contributed by atoms with Crippen molar-refractivity contribution in [1.29, 1.82) is 0 Å². The molecule has 0 aliphatic carbocycles. The van der Waals surface area contributed by atoms with Crippen LogP contribution in [0.25, 0.3) is 0 Å². The Morgan fingerprint density at radius 1 is 1.15 bits per heavy atom. The Kier molecular flexibility index (Phi) is 6.35. The standard InChI is InChI=1S/C22H24F2N2O/c1-2-10-25-22(27)19-12-18(17-6-4-3-5-7-17)14-26(15-19)13-16-8-9-20(23)21(24)11-16/h2-9,11,18-19H,1,10,12-15H2,(H,25,27)/t18-,19-/m0/s1. The van der Waals surface area contributed by atoms with Crippen LogP contribution in [0.15, 0.2) is 61.2 Å². The van der Waals surface area contributed by atoms with Crippen LogP contribution in [-0.4, -0.2) is 30.4 Å². The van der Waals surface area contributed by atoms with E-state index in [1.54, 1.807) is 12.1 Å². The Labute approximate surface area is 158 Å². The maximum Gasteiger partial charge on any atom is 0.224 e. The van der Waals surface area contributed by atoms with Gasteiger partial charge >= 0.3 is 0 Å². The van der Waals surface area contributed by atoms with Crippen LogP contribution in [0.4, 0.5) is 8.78 Å². The zero-order valence-electron chi connectivity index (χ0n) is 15.2. The molecule has 27 heavy (non-hydrogen) atoms. The first-order valence-corrected chi connectivity index (χ1v) is 9.16. The molecular formula is C22H24F2N2O. The second-order valence-electron chi connectivity index (χ2n) is 7.02. The molecule has 1 fully saturated rings. The molecule has 3 rings (SSSR count). The summed E-state index contributed by atoms with van der Waals surface area (Å²) < 4.78 is 26.7. The van der Waals surface area contributed by atoms with Gasteiger partial charge in [-0.1, -0.05) is 42.5 Å². The first kappa shape index (κ1) is 19.2. The maximum atomic E-state index is 13.6. The molecule has 0 bridgehead atoms. The van der Waals surface area contributed by atoms with Crippen molar-refractivity contribution in [2.24, 2.45) is 5.92 Å². The van der Waals surface area contributed by atoms with Gasteiger partial charge in [-0.15, -0.1) is 6.58 Å². The number of hydrogen-bond acceptors (Lipinski definition) is 2. The third-order valence-electron chi connectivity index (χ3n) is 4.98. The summed E-state index contributed by atoms with van der Waals surface area (Å²) in [7, 11) is 0. The molecule has 2 atom stereocenters. The lowest BCUT2D eigenvalue weighted by Crippen LogP contribution is -2.45. The number of nitrogens with one attached hydrogen (secondary N) is 1. The number of carbonyl (C=O) groups is 1. The topological polar surface area (TPSA) is 32.3 Å². The second-order valence-corrected chi connectivity index (χ2v) is 7.02. The third kappa shape index (κ3) is 5.01. The lowest BCUT2D eigenvalue weighted by atomic mass is 9.84. The lowest BCUT2D eigenvalue weighted by Gasteiger charge is -2.37. The summed E-state index contributed by atoms with van der Waals surface area (Å²) in [5, 5.41) is 2.88. The molecule has 1 aliphatic heterocycles. The molecule has 2 aromatic carbocycles. The number of benzene rings is 2. The molecule has 0 saturated carbocycles. The number of halogens is 2. The minimum atomic E-state index is -0.846. The van der Waals surface area contributed by atoms with Crippen molar-refractivity contribution in [2.75, 3.05) is 19.6 Å². The molecule has 0 aromatic heterocycles. The smallest absolute Gasteiger partial charge is 0.224 e. The summed E-state index contributed by atoms with van der Waals surface area (Å²) in [6.45, 7) is 5.91. The van der Waals surface area contributed by atoms with Crippen LogP contribution in [0.3, 0.4) is 0 Å². The number of nitrogens with zero attached hydrogens (tertiary/aromatic N) is 1. The van der Waals surface area contributed by atoms with Crippen LogP contribution in [0.5, 0.6) is 0 Å². The Bertz CT molecular complexity index is 794. The molecule has 1 heterocycles. The largest absolute Gasteiger partial charge is 0.352 e. The first-order chi connectivity index (χ1) is 13.1. The van der Waals surface area contributed by atoms with Gasteiger partial charge in [0, 0.05) is 26.2 Å². The third-order valence-corrected chi connectivity index (χ3v) is 4.98. The zero-order valence-corrected chi connectivity index (χ0v) is 15.2. The van der Waals surface area contributed by atoms with Crippen LogP contribution in [-0.2, 0) is 11.3 Å². The highest BCUT2D eigenvalue weighted by molar-refractivity contribution is 5.79. The van der Waals surface area contributed by atoms with Gasteiger partial charge in [-0.25, -0.2) is 8.78 Å². The Balaban J connectivity index is 1.77. The minimum Gasteiger partial charge on any atom is -0.352 e. The molecule has 1 saturated heterocycles. The van der Waals surface area contributed by atoms with Gasteiger partial charge in [0.25, 0.3) is 0 Å². The Morgan fingerprint density at radius 3 is 2.63 bits per heavy atom. The average molecular weight is 370 g/mol. The predicted octanol–water partition coefficient (Wildman–Crippen LogP) is 3.87. The Hall–Kier alpha value is -2.53. The van der Waals surface area contributed by atoms with Crippen LogP contribution < -0.4 is 5.32 Å². The van der Waals surface area contributed by atoms with E-state index < -0.39 is 11.6 Å². The molecule has 3 nitrogen and oxygen atoms in total.